The highest BCUT2D eigenvalue weighted by Crippen LogP contribution is 2.63. The van der Waals surface area contributed by atoms with Crippen molar-refractivity contribution in [3.8, 4) is 0 Å². The Bertz CT molecular complexity index is 793. The summed E-state index contributed by atoms with van der Waals surface area (Å²) in [6.45, 7) is -3.27. The molecule has 0 rings (SSSR count). The Morgan fingerprint density at radius 1 is 0.784 bits per heavy atom. The van der Waals surface area contributed by atoms with E-state index in [0.29, 0.717) is 5.41 Å². The average molecular weight is 604 g/mol. The molecule has 1 N–H and O–H groups in total. The molecule has 0 aliphatic heterocycles. The largest absolute Gasteiger partial charge is 0.509 e. The summed E-state index contributed by atoms with van der Waals surface area (Å²) in [6, 6.07) is 0. The zero-order valence-electron chi connectivity index (χ0n) is 18.8. The molecule has 2 nitrogen and oxygen atoms in total. The predicted molar refractivity (Wildman–Crippen MR) is 99.0 cm³/mol. The quantitative estimate of drug-likeness (QED) is 0.124. The van der Waals surface area contributed by atoms with Crippen molar-refractivity contribution in [2.45, 2.75) is 80.4 Å². The van der Waals surface area contributed by atoms with Gasteiger partial charge in [0, 0.05) is 17.6 Å². The smallest absolute Gasteiger partial charge is 0.457 e. The van der Waals surface area contributed by atoms with Gasteiger partial charge in [-0.25, -0.2) is 13.2 Å². The Hall–Kier alpha value is -1.27. The van der Waals surface area contributed by atoms with Gasteiger partial charge in [-0.3, -0.25) is 0 Å². The summed E-state index contributed by atoms with van der Waals surface area (Å²) in [4.78, 5) is 0. The van der Waals surface area contributed by atoms with Crippen LogP contribution in [0.4, 0.5) is 70.2 Å². The summed E-state index contributed by atoms with van der Waals surface area (Å²) in [6.07, 6.45) is -10.3. The molecule has 37 heavy (non-hydrogen) atoms. The van der Waals surface area contributed by atoms with Gasteiger partial charge in [0.15, 0.2) is 0 Å². The Morgan fingerprint density at radius 3 is 1.62 bits per heavy atom. The summed E-state index contributed by atoms with van der Waals surface area (Å²) in [7, 11) is 0. The van der Waals surface area contributed by atoms with E-state index in [1.54, 1.807) is 0 Å². The van der Waals surface area contributed by atoms with Gasteiger partial charge in [-0.1, -0.05) is 0 Å². The van der Waals surface area contributed by atoms with E-state index >= 15 is 0 Å². The standard InChI is InChI=1S/C18H20F16O2S/c1-9(2)36-6-10(35)7-37-5-4-13(22,23)17(30,31)15(26,27)11(3,20)14(24,25)12(21,8-19)16(28,29)18(32,33)34/h7,9,35H,4-6,8H2,1-3H3/b10-7-. The van der Waals surface area contributed by atoms with Crippen LogP contribution in [0.25, 0.3) is 0 Å². The molecule has 0 aromatic rings. The van der Waals surface area contributed by atoms with E-state index in [1.807, 2.05) is 0 Å². The van der Waals surface area contributed by atoms with Crippen molar-refractivity contribution in [3.63, 3.8) is 0 Å². The number of alkyl halides is 16. The Kier molecular flexibility index (Phi) is 10.7. The van der Waals surface area contributed by atoms with Gasteiger partial charge in [-0.05, 0) is 20.8 Å². The van der Waals surface area contributed by atoms with Gasteiger partial charge in [0.2, 0.25) is 5.67 Å². The van der Waals surface area contributed by atoms with Crippen molar-refractivity contribution in [1.82, 2.24) is 0 Å². The maximum atomic E-state index is 14.4. The van der Waals surface area contributed by atoms with Crippen LogP contribution < -0.4 is 0 Å². The van der Waals surface area contributed by atoms with Gasteiger partial charge in [0.1, 0.15) is 19.0 Å². The van der Waals surface area contributed by atoms with Crippen molar-refractivity contribution in [2.24, 2.45) is 0 Å². The van der Waals surface area contributed by atoms with E-state index in [9.17, 15) is 75.4 Å². The third-order valence-corrected chi connectivity index (χ3v) is 5.76. The van der Waals surface area contributed by atoms with E-state index < -0.39 is 91.4 Å². The number of rotatable bonds is 14. The second kappa shape index (κ2) is 11.1. The number of halogens is 16. The number of ether oxygens (including phenoxy) is 1. The maximum Gasteiger partial charge on any atom is 0.457 e. The third kappa shape index (κ3) is 6.16. The number of aliphatic hydroxyl groups is 1. The molecule has 2 unspecified atom stereocenters. The third-order valence-electron chi connectivity index (χ3n) is 4.89. The van der Waals surface area contributed by atoms with Crippen LogP contribution in [0.15, 0.2) is 11.2 Å². The van der Waals surface area contributed by atoms with E-state index in [4.69, 9.17) is 4.74 Å². The SMILES string of the molecule is CC(C)OC/C(O)=C/SCCC(F)(F)C(F)(F)C(F)(F)C(C)(F)C(F)(F)C(F)(CF)C(F)(F)C(F)(F)F. The molecule has 0 radical (unpaired) electrons. The van der Waals surface area contributed by atoms with Gasteiger partial charge in [0.25, 0.3) is 5.67 Å². The van der Waals surface area contributed by atoms with Gasteiger partial charge in [-0.15, -0.1) is 11.8 Å². The summed E-state index contributed by atoms with van der Waals surface area (Å²) < 4.78 is 222. The number of hydrogen-bond acceptors (Lipinski definition) is 3. The van der Waals surface area contributed by atoms with Gasteiger partial charge in [-0.2, -0.15) is 57.1 Å². The Balaban J connectivity index is 6.20. The minimum Gasteiger partial charge on any atom is -0.509 e. The molecule has 0 amide bonds. The molecule has 0 spiro atoms. The van der Waals surface area contributed by atoms with E-state index in [0.717, 1.165) is 0 Å². The van der Waals surface area contributed by atoms with Crippen molar-refractivity contribution < 1.29 is 80.1 Å². The van der Waals surface area contributed by atoms with Crippen LogP contribution in [0, 0.1) is 0 Å². The van der Waals surface area contributed by atoms with Crippen LogP contribution in [-0.4, -0.2) is 77.4 Å². The first kappa shape index (κ1) is 35.7. The molecule has 2 atom stereocenters. The lowest BCUT2D eigenvalue weighted by Gasteiger charge is -2.47. The van der Waals surface area contributed by atoms with Gasteiger partial charge in [0.05, 0.1) is 6.10 Å². The monoisotopic (exact) mass is 604 g/mol. The minimum absolute atomic E-state index is 0.0677. The molecule has 0 fully saturated rings. The first-order chi connectivity index (χ1) is 16.1. The van der Waals surface area contributed by atoms with E-state index in [1.165, 1.54) is 13.8 Å². The van der Waals surface area contributed by atoms with E-state index in [-0.39, 0.29) is 11.8 Å². The van der Waals surface area contributed by atoms with Crippen LogP contribution in [0.1, 0.15) is 27.2 Å². The molecule has 222 valence electrons. The lowest BCUT2D eigenvalue weighted by atomic mass is 9.76. The van der Waals surface area contributed by atoms with Crippen LogP contribution in [0.2, 0.25) is 0 Å². The maximum absolute atomic E-state index is 14.4. The van der Waals surface area contributed by atoms with Crippen LogP contribution in [-0.2, 0) is 4.74 Å². The second-order valence-electron chi connectivity index (χ2n) is 8.03. The summed E-state index contributed by atoms with van der Waals surface area (Å²) in [5.74, 6) is -38.3. The summed E-state index contributed by atoms with van der Waals surface area (Å²) in [5, 5.41) is 9.98. The number of hydrogen-bond donors (Lipinski definition) is 1. The molecule has 0 aromatic heterocycles. The number of aliphatic hydroxyl groups excluding tert-OH is 1. The number of thioether (sulfide) groups is 1. The van der Waals surface area contributed by atoms with Gasteiger partial charge >= 0.3 is 35.8 Å². The van der Waals surface area contributed by atoms with Crippen LogP contribution in [0.5, 0.6) is 0 Å². The van der Waals surface area contributed by atoms with Crippen LogP contribution in [0.3, 0.4) is 0 Å². The normalized spacial score (nSPS) is 18.6. The highest BCUT2D eigenvalue weighted by Gasteiger charge is 2.91. The molecular formula is C18H20F16O2S. The highest BCUT2D eigenvalue weighted by molar-refractivity contribution is 8.02. The zero-order chi connectivity index (χ0) is 30.1. The molecule has 0 saturated heterocycles. The van der Waals surface area contributed by atoms with Crippen molar-refractivity contribution in [1.29, 1.82) is 0 Å². The fourth-order valence-corrected chi connectivity index (χ4v) is 3.22. The van der Waals surface area contributed by atoms with Crippen molar-refractivity contribution >= 4 is 11.8 Å². The molecule has 0 aliphatic rings. The van der Waals surface area contributed by atoms with Crippen molar-refractivity contribution in [3.05, 3.63) is 11.2 Å². The summed E-state index contributed by atoms with van der Waals surface area (Å²) in [5.41, 5.74) is -14.2. The summed E-state index contributed by atoms with van der Waals surface area (Å²) >= 11 is 0.0677. The minimum atomic E-state index is -7.67. The first-order valence-corrected chi connectivity index (χ1v) is 10.7. The Morgan fingerprint density at radius 2 is 1.24 bits per heavy atom. The molecule has 0 saturated carbocycles. The topological polar surface area (TPSA) is 29.5 Å². The first-order valence-electron chi connectivity index (χ1n) is 9.63. The lowest BCUT2D eigenvalue weighted by Crippen LogP contribution is -2.76. The van der Waals surface area contributed by atoms with E-state index in [2.05, 4.69) is 0 Å². The fraction of sp³-hybridized carbons (Fsp3) is 0.889. The fourth-order valence-electron chi connectivity index (χ4n) is 2.47. The predicted octanol–water partition coefficient (Wildman–Crippen LogP) is 8.08. The van der Waals surface area contributed by atoms with Gasteiger partial charge < -0.3 is 9.84 Å². The van der Waals surface area contributed by atoms with Crippen LogP contribution >= 0.6 is 11.8 Å². The molecule has 0 aliphatic carbocycles. The average Bonchev–Trinajstić information content (AvgIpc) is 2.72. The molecular weight excluding hydrogens is 584 g/mol. The zero-order valence-corrected chi connectivity index (χ0v) is 19.6. The molecule has 19 heteroatoms. The molecule has 0 heterocycles. The highest BCUT2D eigenvalue weighted by atomic mass is 32.2. The lowest BCUT2D eigenvalue weighted by molar-refractivity contribution is -0.414. The Labute approximate surface area is 203 Å². The second-order valence-corrected chi connectivity index (χ2v) is 9.00. The molecule has 0 aromatic carbocycles. The van der Waals surface area contributed by atoms with Crippen molar-refractivity contribution in [2.75, 3.05) is 19.0 Å². The molecule has 0 bridgehead atoms.